The Hall–Kier alpha value is -2.43. The van der Waals surface area contributed by atoms with Crippen LogP contribution in [0.2, 0.25) is 0 Å². The first-order chi connectivity index (χ1) is 8.66. The third-order valence-corrected chi connectivity index (χ3v) is 2.73. The van der Waals surface area contributed by atoms with Crippen molar-refractivity contribution >= 4 is 16.8 Å². The smallest absolute Gasteiger partial charge is 0.149 e. The fourth-order valence-electron chi connectivity index (χ4n) is 1.90. The molecular formula is C13H8F2N2O. The van der Waals surface area contributed by atoms with E-state index in [0.29, 0.717) is 16.5 Å². The minimum absolute atomic E-state index is 0.190. The van der Waals surface area contributed by atoms with Crippen molar-refractivity contribution < 1.29 is 13.2 Å². The second kappa shape index (κ2) is 3.80. The van der Waals surface area contributed by atoms with E-state index in [0.717, 1.165) is 6.20 Å². The molecule has 1 aromatic carbocycles. The molecule has 3 rings (SSSR count). The predicted octanol–water partition coefficient (Wildman–Crippen LogP) is 3.36. The summed E-state index contributed by atoms with van der Waals surface area (Å²) in [7, 11) is 0. The summed E-state index contributed by atoms with van der Waals surface area (Å²) in [5.41, 5.74) is 6.51. The van der Waals surface area contributed by atoms with Gasteiger partial charge >= 0.3 is 0 Å². The molecular weight excluding hydrogens is 238 g/mol. The highest BCUT2D eigenvalue weighted by molar-refractivity contribution is 5.93. The van der Waals surface area contributed by atoms with Crippen molar-refractivity contribution in [2.45, 2.75) is 0 Å². The second-order valence-electron chi connectivity index (χ2n) is 3.85. The number of fused-ring (bicyclic) bond motifs is 1. The third kappa shape index (κ3) is 1.52. The number of nitrogens with two attached hydrogens (primary N) is 1. The van der Waals surface area contributed by atoms with Gasteiger partial charge in [-0.25, -0.2) is 13.8 Å². The van der Waals surface area contributed by atoms with Gasteiger partial charge in [0.25, 0.3) is 0 Å². The van der Waals surface area contributed by atoms with E-state index in [9.17, 15) is 8.78 Å². The number of pyridine rings is 1. The van der Waals surface area contributed by atoms with E-state index < -0.39 is 11.6 Å². The lowest BCUT2D eigenvalue weighted by molar-refractivity contribution is 0.607. The molecule has 90 valence electrons. The highest BCUT2D eigenvalue weighted by atomic mass is 19.1. The Kier molecular flexibility index (Phi) is 2.26. The molecule has 3 nitrogen and oxygen atoms in total. The van der Waals surface area contributed by atoms with Gasteiger partial charge in [-0.3, -0.25) is 0 Å². The molecule has 0 spiro atoms. The first-order valence-corrected chi connectivity index (χ1v) is 5.24. The number of hydrogen-bond donors (Lipinski definition) is 1. The Morgan fingerprint density at radius 2 is 1.89 bits per heavy atom. The molecule has 0 amide bonds. The average molecular weight is 246 g/mol. The van der Waals surface area contributed by atoms with Gasteiger partial charge in [-0.05, 0) is 24.3 Å². The number of nitrogen functional groups attached to an aromatic ring is 1. The third-order valence-electron chi connectivity index (χ3n) is 2.73. The highest BCUT2D eigenvalue weighted by Crippen LogP contribution is 2.32. The maximum atomic E-state index is 13.7. The first-order valence-electron chi connectivity index (χ1n) is 5.24. The molecule has 0 saturated heterocycles. The molecule has 0 saturated carbocycles. The number of hydrogen-bond acceptors (Lipinski definition) is 3. The molecule has 2 aromatic heterocycles. The van der Waals surface area contributed by atoms with Gasteiger partial charge in [0.15, 0.2) is 0 Å². The second-order valence-corrected chi connectivity index (χ2v) is 3.85. The van der Waals surface area contributed by atoms with Gasteiger partial charge in [0, 0.05) is 11.1 Å². The van der Waals surface area contributed by atoms with Crippen molar-refractivity contribution in [3.05, 3.63) is 48.4 Å². The van der Waals surface area contributed by atoms with Crippen LogP contribution in [0.15, 0.2) is 41.1 Å². The molecule has 3 aromatic rings. The van der Waals surface area contributed by atoms with Crippen molar-refractivity contribution in [2.24, 2.45) is 0 Å². The van der Waals surface area contributed by atoms with E-state index >= 15 is 0 Å². The predicted molar refractivity (Wildman–Crippen MR) is 63.8 cm³/mol. The van der Waals surface area contributed by atoms with E-state index in [1.807, 2.05) is 0 Å². The molecule has 0 bridgehead atoms. The van der Waals surface area contributed by atoms with Crippen LogP contribution in [0.1, 0.15) is 0 Å². The molecule has 0 aliphatic carbocycles. The van der Waals surface area contributed by atoms with E-state index in [2.05, 4.69) is 4.98 Å². The fraction of sp³-hybridized carbons (Fsp3) is 0. The van der Waals surface area contributed by atoms with Crippen LogP contribution in [0.4, 0.5) is 14.6 Å². The Labute approximate surface area is 101 Å². The Bertz CT molecular complexity index is 737. The van der Waals surface area contributed by atoms with Crippen LogP contribution >= 0.6 is 0 Å². The zero-order valence-electron chi connectivity index (χ0n) is 9.15. The van der Waals surface area contributed by atoms with Gasteiger partial charge in [0.1, 0.15) is 23.0 Å². The average Bonchev–Trinajstić information content (AvgIpc) is 2.83. The number of furan rings is 1. The Balaban J connectivity index is 2.35. The maximum absolute atomic E-state index is 13.7. The van der Waals surface area contributed by atoms with Crippen molar-refractivity contribution in [1.29, 1.82) is 0 Å². The van der Waals surface area contributed by atoms with Crippen LogP contribution in [0.5, 0.6) is 0 Å². The topological polar surface area (TPSA) is 52.0 Å². The maximum Gasteiger partial charge on any atom is 0.149 e. The number of nitrogens with zero attached hydrogens (tertiary/aromatic N) is 1. The van der Waals surface area contributed by atoms with Crippen molar-refractivity contribution in [2.75, 3.05) is 5.73 Å². The number of aromatic nitrogens is 1. The van der Waals surface area contributed by atoms with Crippen LogP contribution in [-0.2, 0) is 0 Å². The lowest BCUT2D eigenvalue weighted by atomic mass is 10.0. The lowest BCUT2D eigenvalue weighted by Gasteiger charge is -2.05. The minimum Gasteiger partial charge on any atom is -0.464 e. The molecule has 2 N–H and O–H groups in total. The molecule has 5 heteroatoms. The van der Waals surface area contributed by atoms with Crippen LogP contribution < -0.4 is 5.73 Å². The van der Waals surface area contributed by atoms with Crippen LogP contribution in [0, 0.1) is 11.6 Å². The van der Waals surface area contributed by atoms with Gasteiger partial charge < -0.3 is 10.2 Å². The van der Waals surface area contributed by atoms with Crippen molar-refractivity contribution in [3.8, 4) is 11.1 Å². The molecule has 0 aliphatic rings. The lowest BCUT2D eigenvalue weighted by Crippen LogP contribution is -1.94. The number of rotatable bonds is 1. The monoisotopic (exact) mass is 246 g/mol. The van der Waals surface area contributed by atoms with E-state index in [-0.39, 0.29) is 11.4 Å². The summed E-state index contributed by atoms with van der Waals surface area (Å²) in [6.07, 6.45) is 2.39. The quantitative estimate of drug-likeness (QED) is 0.716. The fourth-order valence-corrected chi connectivity index (χ4v) is 1.90. The van der Waals surface area contributed by atoms with Crippen LogP contribution in [0.25, 0.3) is 22.1 Å². The standard InChI is InChI=1S/C13H8F2N2O/c14-10-2-1-7(13-8(10)3-4-18-13)9-5-12(16)17-6-11(9)15/h1-6H,(H2,16,17). The Morgan fingerprint density at radius 3 is 2.72 bits per heavy atom. The summed E-state index contributed by atoms with van der Waals surface area (Å²) < 4.78 is 32.5. The molecule has 0 aliphatic heterocycles. The molecule has 0 radical (unpaired) electrons. The number of benzene rings is 1. The summed E-state index contributed by atoms with van der Waals surface area (Å²) in [6.45, 7) is 0. The first kappa shape index (κ1) is 10.7. The van der Waals surface area contributed by atoms with Gasteiger partial charge in [0.2, 0.25) is 0 Å². The SMILES string of the molecule is Nc1cc(-c2ccc(F)c3ccoc23)c(F)cn1. The van der Waals surface area contributed by atoms with Crippen LogP contribution in [0.3, 0.4) is 0 Å². The number of anilines is 1. The summed E-state index contributed by atoms with van der Waals surface area (Å²) in [6, 6.07) is 5.61. The Morgan fingerprint density at radius 1 is 1.06 bits per heavy atom. The molecule has 2 heterocycles. The molecule has 0 unspecified atom stereocenters. The largest absolute Gasteiger partial charge is 0.464 e. The van der Waals surface area contributed by atoms with Crippen molar-refractivity contribution in [3.63, 3.8) is 0 Å². The molecule has 18 heavy (non-hydrogen) atoms. The molecule has 0 atom stereocenters. The zero-order chi connectivity index (χ0) is 12.7. The van der Waals surface area contributed by atoms with Gasteiger partial charge in [-0.15, -0.1) is 0 Å². The van der Waals surface area contributed by atoms with Gasteiger partial charge in [-0.1, -0.05) is 0 Å². The van der Waals surface area contributed by atoms with Gasteiger partial charge in [-0.2, -0.15) is 0 Å². The minimum atomic E-state index is -0.534. The summed E-state index contributed by atoms with van der Waals surface area (Å²) in [5.74, 6) is -0.756. The van der Waals surface area contributed by atoms with E-state index in [1.165, 1.54) is 30.5 Å². The molecule has 0 fully saturated rings. The zero-order valence-corrected chi connectivity index (χ0v) is 9.15. The number of halogens is 2. The van der Waals surface area contributed by atoms with E-state index in [4.69, 9.17) is 10.2 Å². The summed E-state index contributed by atoms with van der Waals surface area (Å²) in [4.78, 5) is 3.65. The highest BCUT2D eigenvalue weighted by Gasteiger charge is 2.14. The van der Waals surface area contributed by atoms with Gasteiger partial charge in [0.05, 0.1) is 17.8 Å². The van der Waals surface area contributed by atoms with E-state index in [1.54, 1.807) is 0 Å². The van der Waals surface area contributed by atoms with Crippen LogP contribution in [-0.4, -0.2) is 4.98 Å². The summed E-state index contributed by atoms with van der Waals surface area (Å²) in [5, 5.41) is 0.308. The summed E-state index contributed by atoms with van der Waals surface area (Å²) >= 11 is 0. The normalized spacial score (nSPS) is 11.0. The van der Waals surface area contributed by atoms with Crippen molar-refractivity contribution in [1.82, 2.24) is 4.98 Å².